The highest BCUT2D eigenvalue weighted by Crippen LogP contribution is 2.26. The van der Waals surface area contributed by atoms with Crippen LogP contribution in [0.5, 0.6) is 0 Å². The summed E-state index contributed by atoms with van der Waals surface area (Å²) >= 11 is 0. The number of piperazine rings is 1. The molecule has 1 unspecified atom stereocenters. The van der Waals surface area contributed by atoms with Gasteiger partial charge in [0.15, 0.2) is 0 Å². The quantitative estimate of drug-likeness (QED) is 0.804. The van der Waals surface area contributed by atoms with Crippen molar-refractivity contribution in [2.24, 2.45) is 5.41 Å². The summed E-state index contributed by atoms with van der Waals surface area (Å²) in [6.07, 6.45) is 1.26. The van der Waals surface area contributed by atoms with E-state index >= 15 is 0 Å². The molecule has 0 saturated carbocycles. The van der Waals surface area contributed by atoms with Gasteiger partial charge in [0.25, 0.3) is 0 Å². The largest absolute Gasteiger partial charge is 0.375 e. The first-order valence-electron chi connectivity index (χ1n) is 6.83. The molecule has 0 spiro atoms. The van der Waals surface area contributed by atoms with Crippen LogP contribution in [0.2, 0.25) is 0 Å². The number of hydrogen-bond acceptors (Lipinski definition) is 4. The van der Waals surface area contributed by atoms with E-state index in [1.807, 2.05) is 4.90 Å². The third-order valence-corrected chi connectivity index (χ3v) is 4.06. The predicted molar refractivity (Wildman–Crippen MR) is 77.7 cm³/mol. The van der Waals surface area contributed by atoms with Gasteiger partial charge in [-0.3, -0.25) is 9.69 Å². The van der Waals surface area contributed by atoms with Crippen LogP contribution >= 0.6 is 12.4 Å². The zero-order valence-corrected chi connectivity index (χ0v) is 12.8. The SMILES string of the molecule is COCC(=O)N1CCN(CC2(C)CCNC2)CC1.Cl. The first-order valence-corrected chi connectivity index (χ1v) is 6.83. The molecule has 5 nitrogen and oxygen atoms in total. The Morgan fingerprint density at radius 3 is 2.53 bits per heavy atom. The van der Waals surface area contributed by atoms with Crippen molar-refractivity contribution in [1.29, 1.82) is 0 Å². The number of nitrogens with one attached hydrogen (secondary N) is 1. The van der Waals surface area contributed by atoms with Crippen LogP contribution in [0, 0.1) is 5.41 Å². The zero-order chi connectivity index (χ0) is 13.0. The van der Waals surface area contributed by atoms with Crippen molar-refractivity contribution in [1.82, 2.24) is 15.1 Å². The summed E-state index contributed by atoms with van der Waals surface area (Å²) in [7, 11) is 1.57. The number of nitrogens with zero attached hydrogens (tertiary/aromatic N) is 2. The highest BCUT2D eigenvalue weighted by atomic mass is 35.5. The van der Waals surface area contributed by atoms with Crippen molar-refractivity contribution in [2.75, 3.05) is 59.5 Å². The number of ether oxygens (including phenoxy) is 1. The predicted octanol–water partition coefficient (Wildman–Crippen LogP) is 0.198. The van der Waals surface area contributed by atoms with Gasteiger partial charge in [-0.1, -0.05) is 6.92 Å². The fourth-order valence-electron chi connectivity index (χ4n) is 2.91. The monoisotopic (exact) mass is 291 g/mol. The molecule has 19 heavy (non-hydrogen) atoms. The fraction of sp³-hybridized carbons (Fsp3) is 0.923. The van der Waals surface area contributed by atoms with E-state index in [4.69, 9.17) is 4.74 Å². The molecular weight excluding hydrogens is 266 g/mol. The number of hydrogen-bond donors (Lipinski definition) is 1. The Balaban J connectivity index is 0.00000180. The molecule has 0 radical (unpaired) electrons. The van der Waals surface area contributed by atoms with Crippen LogP contribution in [0.1, 0.15) is 13.3 Å². The van der Waals surface area contributed by atoms with Crippen LogP contribution < -0.4 is 5.32 Å². The molecular formula is C13H26ClN3O2. The highest BCUT2D eigenvalue weighted by Gasteiger charge is 2.32. The van der Waals surface area contributed by atoms with E-state index in [1.54, 1.807) is 7.11 Å². The van der Waals surface area contributed by atoms with E-state index in [0.29, 0.717) is 5.41 Å². The van der Waals surface area contributed by atoms with Gasteiger partial charge >= 0.3 is 0 Å². The van der Waals surface area contributed by atoms with Gasteiger partial charge in [-0.15, -0.1) is 12.4 Å². The van der Waals surface area contributed by atoms with Gasteiger partial charge in [0.1, 0.15) is 6.61 Å². The van der Waals surface area contributed by atoms with Crippen LogP contribution in [0.25, 0.3) is 0 Å². The van der Waals surface area contributed by atoms with Crippen molar-refractivity contribution in [3.63, 3.8) is 0 Å². The van der Waals surface area contributed by atoms with Crippen LogP contribution in [-0.2, 0) is 9.53 Å². The average molecular weight is 292 g/mol. The van der Waals surface area contributed by atoms with E-state index in [9.17, 15) is 4.79 Å². The van der Waals surface area contributed by atoms with E-state index in [-0.39, 0.29) is 24.9 Å². The van der Waals surface area contributed by atoms with Gasteiger partial charge in [-0.05, 0) is 18.4 Å². The number of rotatable bonds is 4. The third kappa shape index (κ3) is 4.60. The Hall–Kier alpha value is -0.360. The smallest absolute Gasteiger partial charge is 0.248 e. The maximum Gasteiger partial charge on any atom is 0.248 e. The van der Waals surface area contributed by atoms with Gasteiger partial charge in [0.05, 0.1) is 0 Å². The highest BCUT2D eigenvalue weighted by molar-refractivity contribution is 5.85. The number of amides is 1. The van der Waals surface area contributed by atoms with E-state index in [2.05, 4.69) is 17.1 Å². The summed E-state index contributed by atoms with van der Waals surface area (Å²) in [4.78, 5) is 16.1. The second kappa shape index (κ2) is 7.43. The molecule has 6 heteroatoms. The minimum atomic E-state index is 0. The molecule has 0 aromatic carbocycles. The molecule has 2 saturated heterocycles. The van der Waals surface area contributed by atoms with Gasteiger partial charge < -0.3 is 15.0 Å². The molecule has 0 aromatic rings. The molecule has 2 heterocycles. The summed E-state index contributed by atoms with van der Waals surface area (Å²) < 4.78 is 4.89. The van der Waals surface area contributed by atoms with Crippen LogP contribution in [0.4, 0.5) is 0 Å². The number of carbonyl (C=O) groups is 1. The maximum atomic E-state index is 11.7. The van der Waals surface area contributed by atoms with Crippen molar-refractivity contribution in [3.05, 3.63) is 0 Å². The number of methoxy groups -OCH3 is 1. The first kappa shape index (κ1) is 16.7. The van der Waals surface area contributed by atoms with E-state index < -0.39 is 0 Å². The Morgan fingerprint density at radius 2 is 2.00 bits per heavy atom. The Bertz CT molecular complexity index is 288. The van der Waals surface area contributed by atoms with Gasteiger partial charge in [-0.2, -0.15) is 0 Å². The van der Waals surface area contributed by atoms with E-state index in [0.717, 1.165) is 45.8 Å². The van der Waals surface area contributed by atoms with Crippen molar-refractivity contribution < 1.29 is 9.53 Å². The molecule has 1 amide bonds. The fourth-order valence-corrected chi connectivity index (χ4v) is 2.91. The zero-order valence-electron chi connectivity index (χ0n) is 12.0. The Kier molecular flexibility index (Phi) is 6.53. The Labute approximate surface area is 122 Å². The molecule has 0 aliphatic carbocycles. The summed E-state index contributed by atoms with van der Waals surface area (Å²) in [5.74, 6) is 0.117. The van der Waals surface area contributed by atoms with Gasteiger partial charge in [0, 0.05) is 46.4 Å². The standard InChI is InChI=1S/C13H25N3O2.ClH/c1-13(3-4-14-10-13)11-15-5-7-16(8-6-15)12(17)9-18-2;/h14H,3-11H2,1-2H3;1H. The molecule has 2 aliphatic rings. The average Bonchev–Trinajstić information content (AvgIpc) is 2.77. The topological polar surface area (TPSA) is 44.8 Å². The van der Waals surface area contributed by atoms with Crippen molar-refractivity contribution >= 4 is 18.3 Å². The number of carbonyl (C=O) groups excluding carboxylic acids is 1. The van der Waals surface area contributed by atoms with Crippen LogP contribution in [-0.4, -0.2) is 75.2 Å². The lowest BCUT2D eigenvalue weighted by Crippen LogP contribution is -2.52. The Morgan fingerprint density at radius 1 is 1.32 bits per heavy atom. The van der Waals surface area contributed by atoms with Crippen LogP contribution in [0.15, 0.2) is 0 Å². The van der Waals surface area contributed by atoms with Crippen molar-refractivity contribution in [2.45, 2.75) is 13.3 Å². The van der Waals surface area contributed by atoms with Gasteiger partial charge in [-0.25, -0.2) is 0 Å². The van der Waals surface area contributed by atoms with E-state index in [1.165, 1.54) is 6.42 Å². The van der Waals surface area contributed by atoms with Crippen molar-refractivity contribution in [3.8, 4) is 0 Å². The minimum absolute atomic E-state index is 0. The lowest BCUT2D eigenvalue weighted by molar-refractivity contribution is -0.137. The second-order valence-electron chi connectivity index (χ2n) is 5.83. The second-order valence-corrected chi connectivity index (χ2v) is 5.83. The molecule has 0 aromatic heterocycles. The summed E-state index contributed by atoms with van der Waals surface area (Å²) in [5.41, 5.74) is 0.415. The lowest BCUT2D eigenvalue weighted by Gasteiger charge is -2.38. The van der Waals surface area contributed by atoms with Crippen LogP contribution in [0.3, 0.4) is 0 Å². The normalized spacial score (nSPS) is 28.2. The molecule has 2 rings (SSSR count). The molecule has 2 aliphatic heterocycles. The minimum Gasteiger partial charge on any atom is -0.375 e. The lowest BCUT2D eigenvalue weighted by atomic mass is 9.89. The summed E-state index contributed by atoms with van der Waals surface area (Å²) in [6.45, 7) is 9.63. The number of halogens is 1. The summed E-state index contributed by atoms with van der Waals surface area (Å²) in [6, 6.07) is 0. The molecule has 112 valence electrons. The molecule has 0 bridgehead atoms. The first-order chi connectivity index (χ1) is 8.63. The van der Waals surface area contributed by atoms with Gasteiger partial charge in [0.2, 0.25) is 5.91 Å². The third-order valence-electron chi connectivity index (χ3n) is 4.06. The maximum absolute atomic E-state index is 11.7. The summed E-state index contributed by atoms with van der Waals surface area (Å²) in [5, 5.41) is 3.44. The molecule has 1 N–H and O–H groups in total. The molecule has 2 fully saturated rings. The molecule has 1 atom stereocenters.